The molecule has 0 radical (unpaired) electrons. The van der Waals surface area contributed by atoms with Gasteiger partial charge in [-0.05, 0) is 6.07 Å². The lowest BCUT2D eigenvalue weighted by atomic mass is 10.1. The number of pyridine rings is 1. The first-order valence-electron chi connectivity index (χ1n) is 5.23. The van der Waals surface area contributed by atoms with Crippen LogP contribution in [0.3, 0.4) is 0 Å². The van der Waals surface area contributed by atoms with Crippen LogP contribution in [0.1, 0.15) is 16.1 Å². The topological polar surface area (TPSA) is 59.8 Å². The third kappa shape index (κ3) is 1.78. The number of nitrogens with zero attached hydrogens (tertiary/aromatic N) is 3. The maximum atomic E-state index is 11.6. The fourth-order valence-electron chi connectivity index (χ4n) is 1.84. The lowest BCUT2D eigenvalue weighted by Gasteiger charge is -2.09. The van der Waals surface area contributed by atoms with Crippen LogP contribution < -0.4 is 5.32 Å². The van der Waals surface area contributed by atoms with Crippen molar-refractivity contribution in [1.29, 1.82) is 0 Å². The minimum atomic E-state index is -0.0716. The zero-order valence-electron chi connectivity index (χ0n) is 8.85. The van der Waals surface area contributed by atoms with Crippen LogP contribution in [0, 0.1) is 0 Å². The van der Waals surface area contributed by atoms with Crippen LogP contribution in [0.5, 0.6) is 0 Å². The molecule has 3 rings (SSSR count). The highest BCUT2D eigenvalue weighted by Crippen LogP contribution is 2.16. The molecule has 0 unspecified atom stereocenters. The van der Waals surface area contributed by atoms with E-state index in [4.69, 9.17) is 11.6 Å². The second-order valence-electron chi connectivity index (χ2n) is 3.78. The predicted molar refractivity (Wildman–Crippen MR) is 62.4 cm³/mol. The van der Waals surface area contributed by atoms with Crippen LogP contribution in [0.25, 0.3) is 5.69 Å². The Kier molecular flexibility index (Phi) is 2.33. The van der Waals surface area contributed by atoms with E-state index in [9.17, 15) is 4.79 Å². The van der Waals surface area contributed by atoms with E-state index in [1.165, 1.54) is 0 Å². The lowest BCUT2D eigenvalue weighted by Crippen LogP contribution is -2.31. The number of nitrogens with one attached hydrogen (secondary N) is 1. The molecule has 0 aromatic carbocycles. The quantitative estimate of drug-likeness (QED) is 0.772. The first-order chi connectivity index (χ1) is 8.24. The van der Waals surface area contributed by atoms with E-state index in [-0.39, 0.29) is 5.91 Å². The molecule has 5 nitrogen and oxygen atoms in total. The molecule has 1 amide bonds. The summed E-state index contributed by atoms with van der Waals surface area (Å²) in [6, 6.07) is 3.50. The largest absolute Gasteiger partial charge is 0.352 e. The second-order valence-corrected chi connectivity index (χ2v) is 4.16. The summed E-state index contributed by atoms with van der Waals surface area (Å²) in [7, 11) is 0. The highest BCUT2D eigenvalue weighted by atomic mass is 35.5. The molecule has 0 spiro atoms. The molecule has 3 heterocycles. The minimum absolute atomic E-state index is 0.0716. The SMILES string of the molecule is O=C1NCCc2nn(-c3ccnc(Cl)c3)cc21. The smallest absolute Gasteiger partial charge is 0.254 e. The third-order valence-corrected chi connectivity index (χ3v) is 2.86. The van der Waals surface area contributed by atoms with Crippen LogP contribution in [0.2, 0.25) is 5.15 Å². The Morgan fingerprint density at radius 2 is 2.35 bits per heavy atom. The van der Waals surface area contributed by atoms with Gasteiger partial charge in [0.1, 0.15) is 5.15 Å². The Morgan fingerprint density at radius 3 is 3.12 bits per heavy atom. The first kappa shape index (κ1) is 10.3. The molecule has 0 saturated heterocycles. The molecule has 0 fully saturated rings. The number of carbonyl (C=O) groups excluding carboxylic acids is 1. The van der Waals surface area contributed by atoms with E-state index >= 15 is 0 Å². The zero-order valence-corrected chi connectivity index (χ0v) is 9.61. The van der Waals surface area contributed by atoms with Crippen LogP contribution >= 0.6 is 11.6 Å². The van der Waals surface area contributed by atoms with Crippen molar-refractivity contribution in [2.75, 3.05) is 6.54 Å². The predicted octanol–water partition coefficient (Wildman–Crippen LogP) is 1.21. The van der Waals surface area contributed by atoms with Gasteiger partial charge in [0.2, 0.25) is 0 Å². The number of fused-ring (bicyclic) bond motifs is 1. The Bertz CT molecular complexity index is 593. The molecular formula is C11H9ClN4O. The Hall–Kier alpha value is -1.88. The molecule has 2 aromatic heterocycles. The molecule has 86 valence electrons. The van der Waals surface area contributed by atoms with Crippen molar-refractivity contribution in [1.82, 2.24) is 20.1 Å². The second kappa shape index (κ2) is 3.85. The molecule has 0 aliphatic carbocycles. The number of hydrogen-bond donors (Lipinski definition) is 1. The average molecular weight is 249 g/mol. The van der Waals surface area contributed by atoms with E-state index < -0.39 is 0 Å². The van der Waals surface area contributed by atoms with Crippen molar-refractivity contribution in [2.24, 2.45) is 0 Å². The van der Waals surface area contributed by atoms with Gasteiger partial charge in [-0.15, -0.1) is 0 Å². The van der Waals surface area contributed by atoms with Gasteiger partial charge < -0.3 is 5.32 Å². The van der Waals surface area contributed by atoms with Gasteiger partial charge in [-0.25, -0.2) is 9.67 Å². The molecule has 0 saturated carbocycles. The number of amides is 1. The summed E-state index contributed by atoms with van der Waals surface area (Å²) < 4.78 is 1.66. The van der Waals surface area contributed by atoms with Gasteiger partial charge in [0.05, 0.1) is 16.9 Å². The standard InChI is InChI=1S/C11H9ClN4O/c12-10-5-7(1-3-13-10)16-6-8-9(15-16)2-4-14-11(8)17/h1,3,5-6H,2,4H2,(H,14,17). The summed E-state index contributed by atoms with van der Waals surface area (Å²) in [5.74, 6) is -0.0716. The van der Waals surface area contributed by atoms with Crippen molar-refractivity contribution in [3.8, 4) is 5.69 Å². The average Bonchev–Trinajstić information content (AvgIpc) is 2.74. The van der Waals surface area contributed by atoms with E-state index in [0.717, 1.165) is 17.8 Å². The maximum absolute atomic E-state index is 11.6. The molecule has 17 heavy (non-hydrogen) atoms. The summed E-state index contributed by atoms with van der Waals surface area (Å²) in [6.45, 7) is 0.639. The highest BCUT2D eigenvalue weighted by Gasteiger charge is 2.20. The van der Waals surface area contributed by atoms with Gasteiger partial charge in [-0.3, -0.25) is 4.79 Å². The number of rotatable bonds is 1. The monoisotopic (exact) mass is 248 g/mol. The van der Waals surface area contributed by atoms with Crippen LogP contribution in [-0.2, 0) is 6.42 Å². The molecule has 1 aliphatic rings. The molecular weight excluding hydrogens is 240 g/mol. The van der Waals surface area contributed by atoms with Gasteiger partial charge in [-0.1, -0.05) is 11.6 Å². The Morgan fingerprint density at radius 1 is 1.47 bits per heavy atom. The van der Waals surface area contributed by atoms with Crippen LogP contribution in [0.4, 0.5) is 0 Å². The number of carbonyl (C=O) groups is 1. The molecule has 2 aromatic rings. The van der Waals surface area contributed by atoms with E-state index in [0.29, 0.717) is 17.3 Å². The minimum Gasteiger partial charge on any atom is -0.352 e. The van der Waals surface area contributed by atoms with Crippen molar-refractivity contribution >= 4 is 17.5 Å². The summed E-state index contributed by atoms with van der Waals surface area (Å²) in [4.78, 5) is 15.5. The third-order valence-electron chi connectivity index (χ3n) is 2.66. The first-order valence-corrected chi connectivity index (χ1v) is 5.60. The lowest BCUT2D eigenvalue weighted by molar-refractivity contribution is 0.0946. The van der Waals surface area contributed by atoms with E-state index in [1.54, 1.807) is 29.2 Å². The molecule has 1 N–H and O–H groups in total. The van der Waals surface area contributed by atoms with Crippen LogP contribution in [0.15, 0.2) is 24.5 Å². The number of aromatic nitrogens is 3. The van der Waals surface area contributed by atoms with Gasteiger partial charge in [0, 0.05) is 31.4 Å². The fraction of sp³-hybridized carbons (Fsp3) is 0.182. The summed E-state index contributed by atoms with van der Waals surface area (Å²) in [6.07, 6.45) is 4.08. The zero-order chi connectivity index (χ0) is 11.8. The molecule has 6 heteroatoms. The number of hydrogen-bond acceptors (Lipinski definition) is 3. The number of halogens is 1. The van der Waals surface area contributed by atoms with Gasteiger partial charge in [0.15, 0.2) is 0 Å². The van der Waals surface area contributed by atoms with Crippen LogP contribution in [-0.4, -0.2) is 27.2 Å². The van der Waals surface area contributed by atoms with Gasteiger partial charge >= 0.3 is 0 Å². The molecule has 0 bridgehead atoms. The summed E-state index contributed by atoms with van der Waals surface area (Å²) in [5.41, 5.74) is 2.25. The highest BCUT2D eigenvalue weighted by molar-refractivity contribution is 6.29. The summed E-state index contributed by atoms with van der Waals surface area (Å²) in [5, 5.41) is 7.57. The van der Waals surface area contributed by atoms with Crippen molar-refractivity contribution in [2.45, 2.75) is 6.42 Å². The van der Waals surface area contributed by atoms with Gasteiger partial charge in [-0.2, -0.15) is 5.10 Å². The van der Waals surface area contributed by atoms with Crippen molar-refractivity contribution in [3.05, 3.63) is 40.9 Å². The van der Waals surface area contributed by atoms with Gasteiger partial charge in [0.25, 0.3) is 5.91 Å². The Labute approximate surface area is 102 Å². The maximum Gasteiger partial charge on any atom is 0.254 e. The van der Waals surface area contributed by atoms with Crippen molar-refractivity contribution < 1.29 is 4.79 Å². The summed E-state index contributed by atoms with van der Waals surface area (Å²) >= 11 is 5.82. The molecule has 1 aliphatic heterocycles. The van der Waals surface area contributed by atoms with Crippen molar-refractivity contribution in [3.63, 3.8) is 0 Å². The van der Waals surface area contributed by atoms with E-state index in [2.05, 4.69) is 15.4 Å². The normalized spacial score (nSPS) is 14.3. The fourth-order valence-corrected chi connectivity index (χ4v) is 2.01. The van der Waals surface area contributed by atoms with E-state index in [1.807, 2.05) is 0 Å². The Balaban J connectivity index is 2.08. The molecule has 0 atom stereocenters.